The van der Waals surface area contributed by atoms with Crippen molar-refractivity contribution in [1.29, 1.82) is 0 Å². The minimum Gasteiger partial charge on any atom is -0.352 e. The maximum atomic E-state index is 6.03. The standard InChI is InChI=1S/C14H23N5S/c1-10(15)8-12-13(16-14-19(12)6-7-20-14)18-5-4-17(3)11(2)9-18/h6-7,10-11H,4-5,8-9,15H2,1-3H3. The molecule has 5 nitrogen and oxygen atoms in total. The molecule has 6 heteroatoms. The first-order valence-corrected chi connectivity index (χ1v) is 8.09. The van der Waals surface area contributed by atoms with Crippen molar-refractivity contribution in [2.24, 2.45) is 5.73 Å². The lowest BCUT2D eigenvalue weighted by Crippen LogP contribution is -2.50. The zero-order valence-electron chi connectivity index (χ0n) is 12.4. The first-order valence-electron chi connectivity index (χ1n) is 7.21. The number of hydrogen-bond donors (Lipinski definition) is 1. The molecular weight excluding hydrogens is 270 g/mol. The van der Waals surface area contributed by atoms with Crippen LogP contribution < -0.4 is 10.6 Å². The van der Waals surface area contributed by atoms with Crippen LogP contribution in [0.5, 0.6) is 0 Å². The van der Waals surface area contributed by atoms with Crippen molar-refractivity contribution in [1.82, 2.24) is 14.3 Å². The van der Waals surface area contributed by atoms with Crippen molar-refractivity contribution >= 4 is 22.1 Å². The topological polar surface area (TPSA) is 49.8 Å². The smallest absolute Gasteiger partial charge is 0.195 e. The highest BCUT2D eigenvalue weighted by atomic mass is 32.1. The number of nitrogens with zero attached hydrogens (tertiary/aromatic N) is 4. The lowest BCUT2D eigenvalue weighted by Gasteiger charge is -2.38. The molecule has 0 aromatic carbocycles. The summed E-state index contributed by atoms with van der Waals surface area (Å²) in [6, 6.07) is 0.713. The minimum atomic E-state index is 0.151. The summed E-state index contributed by atoms with van der Waals surface area (Å²) in [4.78, 5) is 10.7. The van der Waals surface area contributed by atoms with E-state index in [9.17, 15) is 0 Å². The Balaban J connectivity index is 1.95. The highest BCUT2D eigenvalue weighted by Gasteiger charge is 2.26. The third kappa shape index (κ3) is 2.43. The van der Waals surface area contributed by atoms with Crippen LogP contribution in [-0.2, 0) is 6.42 Å². The lowest BCUT2D eigenvalue weighted by atomic mass is 10.1. The number of imidazole rings is 1. The number of thiazole rings is 1. The molecule has 0 bridgehead atoms. The number of rotatable bonds is 3. The predicted molar refractivity (Wildman–Crippen MR) is 84.7 cm³/mol. The highest BCUT2D eigenvalue weighted by molar-refractivity contribution is 7.15. The highest BCUT2D eigenvalue weighted by Crippen LogP contribution is 2.27. The van der Waals surface area contributed by atoms with Crippen LogP contribution in [0, 0.1) is 0 Å². The zero-order chi connectivity index (χ0) is 14.3. The van der Waals surface area contributed by atoms with Crippen LogP contribution in [0.25, 0.3) is 4.96 Å². The first-order chi connectivity index (χ1) is 9.56. The van der Waals surface area contributed by atoms with Gasteiger partial charge in [-0.3, -0.25) is 4.40 Å². The van der Waals surface area contributed by atoms with Gasteiger partial charge in [0, 0.05) is 49.7 Å². The van der Waals surface area contributed by atoms with Crippen molar-refractivity contribution in [3.8, 4) is 0 Å². The molecule has 2 aromatic rings. The van der Waals surface area contributed by atoms with E-state index in [-0.39, 0.29) is 6.04 Å². The summed E-state index contributed by atoms with van der Waals surface area (Å²) in [6.45, 7) is 7.49. The van der Waals surface area contributed by atoms with E-state index in [1.807, 2.05) is 0 Å². The quantitative estimate of drug-likeness (QED) is 0.930. The molecule has 3 rings (SSSR count). The van der Waals surface area contributed by atoms with Gasteiger partial charge in [-0.05, 0) is 20.9 Å². The molecule has 0 amide bonds. The van der Waals surface area contributed by atoms with Crippen LogP contribution in [0.2, 0.25) is 0 Å². The Morgan fingerprint density at radius 1 is 1.50 bits per heavy atom. The van der Waals surface area contributed by atoms with Gasteiger partial charge in [0.1, 0.15) is 0 Å². The zero-order valence-corrected chi connectivity index (χ0v) is 13.2. The third-order valence-corrected chi connectivity index (χ3v) is 4.87. The van der Waals surface area contributed by atoms with Gasteiger partial charge in [-0.25, -0.2) is 4.98 Å². The molecular formula is C14H23N5S. The second-order valence-electron chi connectivity index (χ2n) is 5.89. The van der Waals surface area contributed by atoms with E-state index >= 15 is 0 Å². The maximum absolute atomic E-state index is 6.03. The molecule has 20 heavy (non-hydrogen) atoms. The number of aromatic nitrogens is 2. The van der Waals surface area contributed by atoms with Gasteiger partial charge in [0.15, 0.2) is 10.8 Å². The summed E-state index contributed by atoms with van der Waals surface area (Å²) in [7, 11) is 2.19. The van der Waals surface area contributed by atoms with Crippen LogP contribution in [-0.4, -0.2) is 53.1 Å². The van der Waals surface area contributed by atoms with Gasteiger partial charge in [0.2, 0.25) is 0 Å². The summed E-state index contributed by atoms with van der Waals surface area (Å²) in [6.07, 6.45) is 2.97. The lowest BCUT2D eigenvalue weighted by molar-refractivity contribution is 0.233. The van der Waals surface area contributed by atoms with E-state index in [1.165, 1.54) is 5.69 Å². The van der Waals surface area contributed by atoms with Crippen molar-refractivity contribution in [2.45, 2.75) is 32.4 Å². The Labute approximate surface area is 124 Å². The fourth-order valence-electron chi connectivity index (χ4n) is 2.81. The van der Waals surface area contributed by atoms with Gasteiger partial charge in [0.25, 0.3) is 0 Å². The molecule has 1 aliphatic heterocycles. The largest absolute Gasteiger partial charge is 0.352 e. The minimum absolute atomic E-state index is 0.151. The van der Waals surface area contributed by atoms with Crippen molar-refractivity contribution in [2.75, 3.05) is 31.6 Å². The predicted octanol–water partition coefficient (Wildman–Crippen LogP) is 1.43. The van der Waals surface area contributed by atoms with Gasteiger partial charge < -0.3 is 15.5 Å². The Kier molecular flexibility index (Phi) is 3.70. The number of hydrogen-bond acceptors (Lipinski definition) is 5. The van der Waals surface area contributed by atoms with Gasteiger partial charge in [0.05, 0.1) is 5.69 Å². The molecule has 2 N–H and O–H groups in total. The van der Waals surface area contributed by atoms with Crippen LogP contribution >= 0.6 is 11.3 Å². The Morgan fingerprint density at radius 2 is 2.30 bits per heavy atom. The van der Waals surface area contributed by atoms with Crippen molar-refractivity contribution in [3.05, 3.63) is 17.3 Å². The van der Waals surface area contributed by atoms with Gasteiger partial charge >= 0.3 is 0 Å². The second-order valence-corrected chi connectivity index (χ2v) is 6.77. The molecule has 1 saturated heterocycles. The molecule has 2 unspecified atom stereocenters. The summed E-state index contributed by atoms with van der Waals surface area (Å²) in [5, 5.41) is 2.09. The normalized spacial score (nSPS) is 22.6. The van der Waals surface area contributed by atoms with E-state index in [2.05, 4.69) is 46.7 Å². The van der Waals surface area contributed by atoms with E-state index in [1.54, 1.807) is 11.3 Å². The summed E-state index contributed by atoms with van der Waals surface area (Å²) in [5.41, 5.74) is 7.28. The van der Waals surface area contributed by atoms with Crippen LogP contribution in [0.1, 0.15) is 19.5 Å². The Hall–Kier alpha value is -1.11. The molecule has 0 spiro atoms. The van der Waals surface area contributed by atoms with Crippen LogP contribution in [0.3, 0.4) is 0 Å². The maximum Gasteiger partial charge on any atom is 0.195 e. The van der Waals surface area contributed by atoms with Crippen molar-refractivity contribution in [3.63, 3.8) is 0 Å². The van der Waals surface area contributed by atoms with Gasteiger partial charge in [-0.1, -0.05) is 0 Å². The molecule has 110 valence electrons. The van der Waals surface area contributed by atoms with Gasteiger partial charge in [-0.15, -0.1) is 11.3 Å². The van der Waals surface area contributed by atoms with Crippen LogP contribution in [0.15, 0.2) is 11.6 Å². The molecule has 3 heterocycles. The summed E-state index contributed by atoms with van der Waals surface area (Å²) >= 11 is 1.69. The monoisotopic (exact) mass is 293 g/mol. The third-order valence-electron chi connectivity index (χ3n) is 4.11. The number of piperazine rings is 1. The van der Waals surface area contributed by atoms with Crippen LogP contribution in [0.4, 0.5) is 5.82 Å². The van der Waals surface area contributed by atoms with E-state index in [0.29, 0.717) is 6.04 Å². The molecule has 1 aliphatic rings. The fourth-order valence-corrected chi connectivity index (χ4v) is 3.54. The van der Waals surface area contributed by atoms with Crippen molar-refractivity contribution < 1.29 is 0 Å². The molecule has 0 radical (unpaired) electrons. The Morgan fingerprint density at radius 3 is 3.00 bits per heavy atom. The molecule has 1 fully saturated rings. The second kappa shape index (κ2) is 5.35. The molecule has 0 saturated carbocycles. The number of fused-ring (bicyclic) bond motifs is 1. The summed E-state index contributed by atoms with van der Waals surface area (Å²) < 4.78 is 2.20. The first kappa shape index (κ1) is 13.9. The van der Waals surface area contributed by atoms with E-state index in [0.717, 1.165) is 36.8 Å². The SMILES string of the molecule is CC(N)Cc1c(N2CCN(C)C(C)C2)nc2sccn12. The summed E-state index contributed by atoms with van der Waals surface area (Å²) in [5.74, 6) is 1.13. The van der Waals surface area contributed by atoms with E-state index in [4.69, 9.17) is 10.7 Å². The number of likely N-dealkylation sites (N-methyl/N-ethyl adjacent to an activating group) is 1. The Bertz CT molecular complexity index is 587. The average molecular weight is 293 g/mol. The molecule has 2 atom stereocenters. The van der Waals surface area contributed by atoms with E-state index < -0.39 is 0 Å². The molecule has 0 aliphatic carbocycles. The number of nitrogens with two attached hydrogens (primary N) is 1. The molecule has 2 aromatic heterocycles. The van der Waals surface area contributed by atoms with Gasteiger partial charge in [-0.2, -0.15) is 0 Å². The average Bonchev–Trinajstić information content (AvgIpc) is 2.95. The number of anilines is 1. The fraction of sp³-hybridized carbons (Fsp3) is 0.643.